The molecule has 1 amide bonds. The molecule has 0 aliphatic heterocycles. The minimum absolute atomic E-state index is 0.186. The van der Waals surface area contributed by atoms with E-state index < -0.39 is 5.82 Å². The lowest BCUT2D eigenvalue weighted by atomic mass is 10.0. The lowest BCUT2D eigenvalue weighted by Crippen LogP contribution is -2.13. The van der Waals surface area contributed by atoms with E-state index in [1.54, 1.807) is 12.1 Å². The van der Waals surface area contributed by atoms with Crippen molar-refractivity contribution in [1.82, 2.24) is 0 Å². The van der Waals surface area contributed by atoms with Crippen LogP contribution in [-0.4, -0.2) is 5.91 Å². The molecule has 0 fully saturated rings. The van der Waals surface area contributed by atoms with Gasteiger partial charge in [0.05, 0.1) is 5.69 Å². The van der Waals surface area contributed by atoms with Gasteiger partial charge in [-0.05, 0) is 55.2 Å². The van der Waals surface area contributed by atoms with Crippen LogP contribution in [0.5, 0.6) is 0 Å². The van der Waals surface area contributed by atoms with E-state index in [1.807, 2.05) is 6.07 Å². The molecule has 0 bridgehead atoms. The highest BCUT2D eigenvalue weighted by molar-refractivity contribution is 9.10. The number of anilines is 1. The highest BCUT2D eigenvalue weighted by Gasteiger charge is 2.08. The average molecular weight is 350 g/mol. The maximum Gasteiger partial charge on any atom is 0.224 e. The number of amides is 1. The van der Waals surface area contributed by atoms with Gasteiger partial charge in [0.2, 0.25) is 5.91 Å². The van der Waals surface area contributed by atoms with E-state index in [9.17, 15) is 9.18 Å². The van der Waals surface area contributed by atoms with Crippen LogP contribution in [0.3, 0.4) is 0 Å². The quantitative estimate of drug-likeness (QED) is 0.845. The summed E-state index contributed by atoms with van der Waals surface area (Å²) in [6.07, 6.45) is 0.975. The molecule has 0 atom stereocenters. The van der Waals surface area contributed by atoms with Crippen LogP contribution < -0.4 is 5.32 Å². The Morgan fingerprint density at radius 2 is 1.90 bits per heavy atom. The van der Waals surface area contributed by atoms with E-state index in [-0.39, 0.29) is 11.6 Å². The minimum Gasteiger partial charge on any atom is -0.324 e. The van der Waals surface area contributed by atoms with Crippen molar-refractivity contribution < 1.29 is 9.18 Å². The maximum absolute atomic E-state index is 13.6. The number of rotatable bonds is 4. The summed E-state index contributed by atoms with van der Waals surface area (Å²) in [6, 6.07) is 10.7. The van der Waals surface area contributed by atoms with Gasteiger partial charge in [-0.2, -0.15) is 0 Å². The number of carbonyl (C=O) groups excluding carboxylic acids is 1. The first-order chi connectivity index (χ1) is 9.95. The standard InChI is InChI=1S/C17H17BrFNO/c1-11-3-4-13(9-12(11)2)5-8-17(21)20-16-7-6-14(18)10-15(16)19/h3-4,6-7,9-10H,5,8H2,1-2H3,(H,20,21). The molecule has 0 aliphatic rings. The molecule has 0 spiro atoms. The molecule has 0 heterocycles. The molecule has 0 saturated heterocycles. The Balaban J connectivity index is 1.94. The van der Waals surface area contributed by atoms with Crippen LogP contribution in [0.25, 0.3) is 0 Å². The summed E-state index contributed by atoms with van der Waals surface area (Å²) in [6.45, 7) is 4.11. The molecule has 0 saturated carbocycles. The van der Waals surface area contributed by atoms with E-state index in [2.05, 4.69) is 47.2 Å². The van der Waals surface area contributed by atoms with Gasteiger partial charge in [-0.15, -0.1) is 0 Å². The molecule has 2 aromatic rings. The van der Waals surface area contributed by atoms with Gasteiger partial charge in [0.1, 0.15) is 5.82 Å². The van der Waals surface area contributed by atoms with Crippen molar-refractivity contribution in [1.29, 1.82) is 0 Å². The fraction of sp³-hybridized carbons (Fsp3) is 0.235. The Hall–Kier alpha value is -1.68. The Kier molecular flexibility index (Phi) is 5.12. The summed E-state index contributed by atoms with van der Waals surface area (Å²) in [7, 11) is 0. The summed E-state index contributed by atoms with van der Waals surface area (Å²) in [5.41, 5.74) is 3.78. The van der Waals surface area contributed by atoms with Crippen LogP contribution in [0.2, 0.25) is 0 Å². The molecule has 4 heteroatoms. The van der Waals surface area contributed by atoms with E-state index in [1.165, 1.54) is 17.2 Å². The van der Waals surface area contributed by atoms with Crippen molar-refractivity contribution in [2.45, 2.75) is 26.7 Å². The lowest BCUT2D eigenvalue weighted by molar-refractivity contribution is -0.116. The lowest BCUT2D eigenvalue weighted by Gasteiger charge is -2.08. The Labute approximate surface area is 132 Å². The highest BCUT2D eigenvalue weighted by atomic mass is 79.9. The molecule has 0 radical (unpaired) electrons. The number of benzene rings is 2. The first kappa shape index (κ1) is 15.7. The predicted molar refractivity (Wildman–Crippen MR) is 87.0 cm³/mol. The zero-order valence-corrected chi connectivity index (χ0v) is 13.6. The van der Waals surface area contributed by atoms with Crippen LogP contribution >= 0.6 is 15.9 Å². The molecule has 2 aromatic carbocycles. The zero-order valence-electron chi connectivity index (χ0n) is 12.0. The Morgan fingerprint density at radius 3 is 2.57 bits per heavy atom. The molecule has 2 rings (SSSR count). The second kappa shape index (κ2) is 6.85. The fourth-order valence-corrected chi connectivity index (χ4v) is 2.35. The molecule has 0 unspecified atom stereocenters. The monoisotopic (exact) mass is 349 g/mol. The van der Waals surface area contributed by atoms with Gasteiger partial charge in [-0.3, -0.25) is 4.79 Å². The van der Waals surface area contributed by atoms with E-state index >= 15 is 0 Å². The molecule has 110 valence electrons. The largest absolute Gasteiger partial charge is 0.324 e. The first-order valence-electron chi connectivity index (χ1n) is 6.77. The maximum atomic E-state index is 13.6. The van der Waals surface area contributed by atoms with Crippen molar-refractivity contribution in [2.75, 3.05) is 5.32 Å². The number of halogens is 2. The van der Waals surface area contributed by atoms with Gasteiger partial charge in [0, 0.05) is 10.9 Å². The third-order valence-corrected chi connectivity index (χ3v) is 3.91. The normalized spacial score (nSPS) is 10.5. The van der Waals surface area contributed by atoms with Crippen LogP contribution in [0, 0.1) is 19.7 Å². The third-order valence-electron chi connectivity index (χ3n) is 3.42. The van der Waals surface area contributed by atoms with E-state index in [4.69, 9.17) is 0 Å². The fourth-order valence-electron chi connectivity index (χ4n) is 2.02. The number of aryl methyl sites for hydroxylation is 3. The number of nitrogens with one attached hydrogen (secondary N) is 1. The van der Waals surface area contributed by atoms with Gasteiger partial charge in [0.15, 0.2) is 0 Å². The number of hydrogen-bond acceptors (Lipinski definition) is 1. The van der Waals surface area contributed by atoms with Gasteiger partial charge in [-0.1, -0.05) is 34.1 Å². The molecular weight excluding hydrogens is 333 g/mol. The van der Waals surface area contributed by atoms with Crippen LogP contribution in [-0.2, 0) is 11.2 Å². The van der Waals surface area contributed by atoms with Crippen molar-refractivity contribution >= 4 is 27.5 Å². The molecule has 0 aliphatic carbocycles. The van der Waals surface area contributed by atoms with Crippen molar-refractivity contribution in [3.63, 3.8) is 0 Å². The molecule has 0 aromatic heterocycles. The highest BCUT2D eigenvalue weighted by Crippen LogP contribution is 2.19. The van der Waals surface area contributed by atoms with Crippen molar-refractivity contribution in [3.05, 3.63) is 63.4 Å². The third kappa shape index (κ3) is 4.39. The zero-order chi connectivity index (χ0) is 15.4. The summed E-state index contributed by atoms with van der Waals surface area (Å²) < 4.78 is 14.3. The second-order valence-electron chi connectivity index (χ2n) is 5.09. The number of hydrogen-bond donors (Lipinski definition) is 1. The second-order valence-corrected chi connectivity index (χ2v) is 6.01. The number of carbonyl (C=O) groups is 1. The summed E-state index contributed by atoms with van der Waals surface area (Å²) in [5.74, 6) is -0.627. The summed E-state index contributed by atoms with van der Waals surface area (Å²) >= 11 is 3.18. The molecule has 2 nitrogen and oxygen atoms in total. The van der Waals surface area contributed by atoms with Crippen molar-refractivity contribution in [3.8, 4) is 0 Å². The summed E-state index contributed by atoms with van der Waals surface area (Å²) in [5, 5.41) is 2.60. The predicted octanol–water partition coefficient (Wildman–Crippen LogP) is 4.78. The minimum atomic E-state index is -0.441. The van der Waals surface area contributed by atoms with E-state index in [0.717, 1.165) is 5.56 Å². The van der Waals surface area contributed by atoms with Gasteiger partial charge < -0.3 is 5.32 Å². The first-order valence-corrected chi connectivity index (χ1v) is 7.56. The Morgan fingerprint density at radius 1 is 1.14 bits per heavy atom. The SMILES string of the molecule is Cc1ccc(CCC(=O)Nc2ccc(Br)cc2F)cc1C. The molecular formula is C17H17BrFNO. The van der Waals surface area contributed by atoms with Gasteiger partial charge in [-0.25, -0.2) is 4.39 Å². The van der Waals surface area contributed by atoms with Crippen LogP contribution in [0.15, 0.2) is 40.9 Å². The van der Waals surface area contributed by atoms with Crippen LogP contribution in [0.1, 0.15) is 23.1 Å². The smallest absolute Gasteiger partial charge is 0.224 e. The topological polar surface area (TPSA) is 29.1 Å². The molecule has 1 N–H and O–H groups in total. The van der Waals surface area contributed by atoms with E-state index in [0.29, 0.717) is 17.3 Å². The summed E-state index contributed by atoms with van der Waals surface area (Å²) in [4.78, 5) is 11.9. The molecule has 21 heavy (non-hydrogen) atoms. The Bertz CT molecular complexity index is 670. The van der Waals surface area contributed by atoms with Gasteiger partial charge >= 0.3 is 0 Å². The van der Waals surface area contributed by atoms with Gasteiger partial charge in [0.25, 0.3) is 0 Å². The van der Waals surface area contributed by atoms with Crippen molar-refractivity contribution in [2.24, 2.45) is 0 Å². The average Bonchev–Trinajstić information content (AvgIpc) is 2.43. The van der Waals surface area contributed by atoms with Crippen LogP contribution in [0.4, 0.5) is 10.1 Å².